The zero-order valence-corrected chi connectivity index (χ0v) is 16.1. The Bertz CT molecular complexity index is 896. The zero-order valence-electron chi connectivity index (χ0n) is 16.1. The van der Waals surface area contributed by atoms with Crippen molar-refractivity contribution in [1.29, 1.82) is 0 Å². The van der Waals surface area contributed by atoms with E-state index >= 15 is 0 Å². The molecule has 3 rings (SSSR count). The molecule has 0 radical (unpaired) electrons. The molecule has 9 heteroatoms. The van der Waals surface area contributed by atoms with Gasteiger partial charge < -0.3 is 44.8 Å². The topological polar surface area (TPSA) is 149 Å². The first-order valence-corrected chi connectivity index (χ1v) is 9.18. The number of aliphatic hydroxyl groups excluding tert-OH is 4. The van der Waals surface area contributed by atoms with Gasteiger partial charge in [0.05, 0.1) is 13.7 Å². The lowest BCUT2D eigenvalue weighted by atomic mass is 9.99. The number of phenolic OH excluding ortho intramolecular Hbond substituents is 2. The number of ether oxygens (including phenoxy) is 3. The summed E-state index contributed by atoms with van der Waals surface area (Å²) in [4.78, 5) is 0. The van der Waals surface area contributed by atoms with Crippen LogP contribution in [0.25, 0.3) is 12.2 Å². The third-order valence-electron chi connectivity index (χ3n) is 4.69. The summed E-state index contributed by atoms with van der Waals surface area (Å²) in [5, 5.41) is 58.9. The highest BCUT2D eigenvalue weighted by molar-refractivity contribution is 5.72. The van der Waals surface area contributed by atoms with Gasteiger partial charge in [-0.25, -0.2) is 0 Å². The molecule has 1 aliphatic rings. The molecule has 0 spiro atoms. The number of benzene rings is 2. The maximum atomic E-state index is 10.1. The van der Waals surface area contributed by atoms with E-state index in [4.69, 9.17) is 14.2 Å². The van der Waals surface area contributed by atoms with Crippen LogP contribution in [0, 0.1) is 0 Å². The first-order chi connectivity index (χ1) is 14.3. The van der Waals surface area contributed by atoms with Gasteiger partial charge in [-0.1, -0.05) is 18.2 Å². The fourth-order valence-corrected chi connectivity index (χ4v) is 3.07. The summed E-state index contributed by atoms with van der Waals surface area (Å²) >= 11 is 0. The minimum atomic E-state index is -1.57. The molecule has 2 aromatic carbocycles. The Kier molecular flexibility index (Phi) is 6.80. The van der Waals surface area contributed by atoms with E-state index in [9.17, 15) is 30.6 Å². The van der Waals surface area contributed by atoms with Gasteiger partial charge in [0.2, 0.25) is 6.29 Å². The maximum absolute atomic E-state index is 10.1. The molecule has 1 heterocycles. The van der Waals surface area contributed by atoms with Crippen molar-refractivity contribution in [1.82, 2.24) is 0 Å². The van der Waals surface area contributed by atoms with Gasteiger partial charge in [0.15, 0.2) is 11.5 Å². The van der Waals surface area contributed by atoms with Crippen molar-refractivity contribution in [2.24, 2.45) is 0 Å². The van der Waals surface area contributed by atoms with Crippen molar-refractivity contribution in [3.63, 3.8) is 0 Å². The van der Waals surface area contributed by atoms with Crippen LogP contribution in [0.1, 0.15) is 11.1 Å². The molecule has 1 aliphatic heterocycles. The van der Waals surface area contributed by atoms with Gasteiger partial charge in [0.1, 0.15) is 35.9 Å². The van der Waals surface area contributed by atoms with Crippen molar-refractivity contribution in [2.75, 3.05) is 13.7 Å². The van der Waals surface area contributed by atoms with Crippen LogP contribution >= 0.6 is 0 Å². The molecule has 0 aromatic heterocycles. The SMILES string of the molecule is COc1ccc(/C=C/c2cc(O)cc(O[C@@H]3O[C@@H](CO)[C@@H](O)[C@H](O)[C@@H]3O)c2)cc1O. The smallest absolute Gasteiger partial charge is 0.229 e. The molecule has 5 atom stereocenters. The number of methoxy groups -OCH3 is 1. The lowest BCUT2D eigenvalue weighted by Crippen LogP contribution is -2.60. The first kappa shape index (κ1) is 21.9. The molecule has 162 valence electrons. The molecule has 0 bridgehead atoms. The normalized spacial score (nSPS) is 26.6. The lowest BCUT2D eigenvalue weighted by Gasteiger charge is -2.39. The van der Waals surface area contributed by atoms with E-state index in [0.717, 1.165) is 0 Å². The van der Waals surface area contributed by atoms with Gasteiger partial charge in [-0.05, 0) is 35.4 Å². The highest BCUT2D eigenvalue weighted by Crippen LogP contribution is 2.30. The standard InChI is InChI=1S/C21H24O9/c1-28-16-5-4-11(8-15(16)24)2-3-12-6-13(23)9-14(7-12)29-21-20(27)19(26)18(25)17(10-22)30-21/h2-9,17-27H,10H2,1H3/b3-2+/t17-,18+,19-,20-,21+/m0/s1. The van der Waals surface area contributed by atoms with E-state index in [1.54, 1.807) is 30.4 Å². The summed E-state index contributed by atoms with van der Waals surface area (Å²) in [5.41, 5.74) is 1.23. The first-order valence-electron chi connectivity index (χ1n) is 9.18. The fourth-order valence-electron chi connectivity index (χ4n) is 3.07. The van der Waals surface area contributed by atoms with Crippen LogP contribution < -0.4 is 9.47 Å². The average Bonchev–Trinajstić information content (AvgIpc) is 2.72. The minimum Gasteiger partial charge on any atom is -0.508 e. The summed E-state index contributed by atoms with van der Waals surface area (Å²) in [6.45, 7) is -0.576. The molecule has 30 heavy (non-hydrogen) atoms. The summed E-state index contributed by atoms with van der Waals surface area (Å²) in [5.74, 6) is 0.354. The van der Waals surface area contributed by atoms with Crippen molar-refractivity contribution in [3.8, 4) is 23.0 Å². The summed E-state index contributed by atoms with van der Waals surface area (Å²) < 4.78 is 15.8. The number of rotatable bonds is 6. The molecule has 0 amide bonds. The van der Waals surface area contributed by atoms with E-state index in [1.807, 2.05) is 0 Å². The van der Waals surface area contributed by atoms with Crippen LogP contribution in [0.4, 0.5) is 0 Å². The predicted molar refractivity (Wildman–Crippen MR) is 106 cm³/mol. The minimum absolute atomic E-state index is 0.0119. The Hall–Kier alpha value is -2.82. The van der Waals surface area contributed by atoms with Gasteiger partial charge in [-0.2, -0.15) is 0 Å². The van der Waals surface area contributed by atoms with Gasteiger partial charge >= 0.3 is 0 Å². The summed E-state index contributed by atoms with van der Waals surface area (Å²) in [6.07, 6.45) is -3.72. The van der Waals surface area contributed by atoms with Crippen LogP contribution in [0.2, 0.25) is 0 Å². The predicted octanol–water partition coefficient (Wildman–Crippen LogP) is 0.455. The van der Waals surface area contributed by atoms with E-state index in [2.05, 4.69) is 0 Å². The fraction of sp³-hybridized carbons (Fsp3) is 0.333. The maximum Gasteiger partial charge on any atom is 0.229 e. The molecule has 0 aliphatic carbocycles. The molecular formula is C21H24O9. The molecule has 1 saturated heterocycles. The number of hydrogen-bond acceptors (Lipinski definition) is 9. The van der Waals surface area contributed by atoms with E-state index in [-0.39, 0.29) is 17.2 Å². The summed E-state index contributed by atoms with van der Waals surface area (Å²) in [6, 6.07) is 9.19. The Balaban J connectivity index is 1.77. The quantitative estimate of drug-likeness (QED) is 0.366. The number of aromatic hydroxyl groups is 2. The van der Waals surface area contributed by atoms with Crippen LogP contribution in [0.3, 0.4) is 0 Å². The van der Waals surface area contributed by atoms with Crippen molar-refractivity contribution >= 4 is 12.2 Å². The average molecular weight is 420 g/mol. The van der Waals surface area contributed by atoms with Gasteiger partial charge in [0, 0.05) is 6.07 Å². The third kappa shape index (κ3) is 4.84. The second-order valence-corrected chi connectivity index (χ2v) is 6.84. The Morgan fingerprint density at radius 2 is 1.67 bits per heavy atom. The van der Waals surface area contributed by atoms with E-state index in [0.29, 0.717) is 16.9 Å². The molecule has 6 N–H and O–H groups in total. The molecule has 2 aromatic rings. The third-order valence-corrected chi connectivity index (χ3v) is 4.69. The highest BCUT2D eigenvalue weighted by Gasteiger charge is 2.44. The molecule has 9 nitrogen and oxygen atoms in total. The molecule has 1 fully saturated rings. The van der Waals surface area contributed by atoms with Gasteiger partial charge in [-0.15, -0.1) is 0 Å². The number of hydrogen-bond donors (Lipinski definition) is 6. The van der Waals surface area contributed by atoms with Gasteiger partial charge in [-0.3, -0.25) is 0 Å². The second kappa shape index (κ2) is 9.33. The second-order valence-electron chi connectivity index (χ2n) is 6.84. The van der Waals surface area contributed by atoms with Crippen molar-refractivity contribution in [3.05, 3.63) is 47.5 Å². The molecule has 0 saturated carbocycles. The zero-order chi connectivity index (χ0) is 21.8. The Morgan fingerprint density at radius 1 is 0.933 bits per heavy atom. The van der Waals surface area contributed by atoms with Crippen molar-refractivity contribution < 1.29 is 44.8 Å². The Morgan fingerprint density at radius 3 is 2.33 bits per heavy atom. The summed E-state index contributed by atoms with van der Waals surface area (Å²) in [7, 11) is 1.45. The van der Waals surface area contributed by atoms with E-state index < -0.39 is 37.3 Å². The van der Waals surface area contributed by atoms with Gasteiger partial charge in [0.25, 0.3) is 0 Å². The Labute approximate surface area is 172 Å². The largest absolute Gasteiger partial charge is 0.508 e. The molecular weight excluding hydrogens is 396 g/mol. The van der Waals surface area contributed by atoms with Crippen LogP contribution in [-0.2, 0) is 4.74 Å². The molecule has 0 unspecified atom stereocenters. The van der Waals surface area contributed by atoms with Crippen LogP contribution in [-0.4, -0.2) is 75.1 Å². The van der Waals surface area contributed by atoms with Crippen molar-refractivity contribution in [2.45, 2.75) is 30.7 Å². The van der Waals surface area contributed by atoms with Crippen LogP contribution in [0.15, 0.2) is 36.4 Å². The van der Waals surface area contributed by atoms with E-state index in [1.165, 1.54) is 25.3 Å². The lowest BCUT2D eigenvalue weighted by molar-refractivity contribution is -0.277. The monoisotopic (exact) mass is 420 g/mol. The highest BCUT2D eigenvalue weighted by atomic mass is 16.7. The number of phenols is 2. The van der Waals surface area contributed by atoms with Crippen LogP contribution in [0.5, 0.6) is 23.0 Å². The number of aliphatic hydroxyl groups is 4.